The lowest BCUT2D eigenvalue weighted by Gasteiger charge is -2.27. The maximum absolute atomic E-state index is 13.8. The smallest absolute Gasteiger partial charge is 0.290 e. The molecule has 0 saturated heterocycles. The maximum Gasteiger partial charge on any atom is 0.290 e. The van der Waals surface area contributed by atoms with Crippen molar-refractivity contribution in [3.8, 4) is 5.75 Å². The summed E-state index contributed by atoms with van der Waals surface area (Å²) in [7, 11) is 1.48. The molecule has 1 aliphatic heterocycles. The topological polar surface area (TPSA) is 92.9 Å². The maximum atomic E-state index is 13.8. The Morgan fingerprint density at radius 2 is 1.95 bits per heavy atom. The number of aliphatic hydroxyl groups is 1. The van der Waals surface area contributed by atoms with Crippen LogP contribution in [0.3, 0.4) is 0 Å². The van der Waals surface area contributed by atoms with Gasteiger partial charge in [-0.05, 0) is 40.8 Å². The number of hydrogen-bond donors (Lipinski definition) is 1. The fourth-order valence-corrected chi connectivity index (χ4v) is 4.85. The number of carbonyl (C=O) groups excluding carboxylic acids is 2. The van der Waals surface area contributed by atoms with Crippen LogP contribution in [0.4, 0.5) is 0 Å². The molecule has 8 heteroatoms. The lowest BCUT2D eigenvalue weighted by atomic mass is 9.92. The van der Waals surface area contributed by atoms with E-state index in [9.17, 15) is 14.7 Å². The van der Waals surface area contributed by atoms with Crippen molar-refractivity contribution in [3.05, 3.63) is 106 Å². The third kappa shape index (κ3) is 4.47. The van der Waals surface area contributed by atoms with Crippen LogP contribution in [-0.4, -0.2) is 33.8 Å². The third-order valence-corrected chi connectivity index (χ3v) is 6.75. The van der Waals surface area contributed by atoms with Crippen molar-refractivity contribution in [3.63, 3.8) is 0 Å². The van der Waals surface area contributed by atoms with Crippen LogP contribution in [0.25, 0.3) is 11.0 Å². The summed E-state index contributed by atoms with van der Waals surface area (Å²) < 4.78 is 11.2. The summed E-state index contributed by atoms with van der Waals surface area (Å²) in [4.78, 5) is 32.8. The second-order valence-electron chi connectivity index (χ2n) is 9.25. The van der Waals surface area contributed by atoms with E-state index in [2.05, 4.69) is 18.8 Å². The number of ether oxygens (including phenoxy) is 1. The van der Waals surface area contributed by atoms with Crippen LogP contribution in [0, 0.1) is 0 Å². The van der Waals surface area contributed by atoms with E-state index in [1.807, 2.05) is 30.3 Å². The fraction of sp³-hybridized carbons (Fsp3) is 0.207. The molecule has 3 heterocycles. The number of carbonyl (C=O) groups is 2. The second kappa shape index (κ2) is 9.75. The summed E-state index contributed by atoms with van der Waals surface area (Å²) in [5.41, 5.74) is 2.89. The van der Waals surface area contributed by atoms with Gasteiger partial charge in [-0.15, -0.1) is 0 Å². The normalized spacial score (nSPS) is 15.8. The first-order chi connectivity index (χ1) is 17.8. The predicted molar refractivity (Wildman–Crippen MR) is 140 cm³/mol. The van der Waals surface area contributed by atoms with Crippen molar-refractivity contribution in [2.75, 3.05) is 7.11 Å². The van der Waals surface area contributed by atoms with Crippen molar-refractivity contribution >= 4 is 34.3 Å². The lowest BCUT2D eigenvalue weighted by molar-refractivity contribution is -0.130. The number of aromatic nitrogens is 1. The largest absolute Gasteiger partial charge is 0.503 e. The number of halogens is 1. The molecule has 1 atom stereocenters. The first kappa shape index (κ1) is 24.6. The van der Waals surface area contributed by atoms with Gasteiger partial charge in [0.1, 0.15) is 0 Å². The third-order valence-electron chi connectivity index (χ3n) is 6.53. The molecule has 37 heavy (non-hydrogen) atoms. The Hall–Kier alpha value is -4.10. The average Bonchev–Trinajstić information content (AvgIpc) is 3.43. The minimum absolute atomic E-state index is 0.0306. The molecule has 0 bridgehead atoms. The first-order valence-electron chi connectivity index (χ1n) is 11.8. The van der Waals surface area contributed by atoms with Gasteiger partial charge in [-0.2, -0.15) is 0 Å². The minimum atomic E-state index is -0.819. The van der Waals surface area contributed by atoms with E-state index in [1.54, 1.807) is 36.7 Å². The van der Waals surface area contributed by atoms with E-state index in [-0.39, 0.29) is 17.9 Å². The second-order valence-corrected chi connectivity index (χ2v) is 9.68. The Labute approximate surface area is 218 Å². The molecule has 0 fully saturated rings. The standard InChI is InChI=1S/C29H25ClN2O5/c1-16(2)18-6-8-19(9-7-18)25-24(27(34)29(35)32(25)15-17-5-4-10-31-14-17)26(33)22-12-20-11-21(30)13-23(36-3)28(20)37-22/h4-14,16,25,34H,15H2,1-3H3. The highest BCUT2D eigenvalue weighted by molar-refractivity contribution is 6.31. The van der Waals surface area contributed by atoms with Crippen LogP contribution in [0.15, 0.2) is 82.7 Å². The van der Waals surface area contributed by atoms with Crippen molar-refractivity contribution in [2.24, 2.45) is 0 Å². The van der Waals surface area contributed by atoms with Crippen molar-refractivity contribution in [1.29, 1.82) is 0 Å². The number of hydrogen-bond acceptors (Lipinski definition) is 6. The molecule has 7 nitrogen and oxygen atoms in total. The van der Waals surface area contributed by atoms with Gasteiger partial charge in [-0.3, -0.25) is 14.6 Å². The van der Waals surface area contributed by atoms with Crippen molar-refractivity contribution in [2.45, 2.75) is 32.4 Å². The molecule has 188 valence electrons. The van der Waals surface area contributed by atoms with Gasteiger partial charge in [0.2, 0.25) is 5.78 Å². The molecular formula is C29H25ClN2O5. The highest BCUT2D eigenvalue weighted by Crippen LogP contribution is 2.41. The number of ketones is 1. The van der Waals surface area contributed by atoms with E-state index in [1.165, 1.54) is 12.0 Å². The van der Waals surface area contributed by atoms with Gasteiger partial charge in [0.05, 0.1) is 18.7 Å². The van der Waals surface area contributed by atoms with Gasteiger partial charge in [0.15, 0.2) is 22.9 Å². The quantitative estimate of drug-likeness (QED) is 0.286. The summed E-state index contributed by atoms with van der Waals surface area (Å²) in [6.07, 6.45) is 3.29. The molecule has 0 aliphatic carbocycles. The minimum Gasteiger partial charge on any atom is -0.503 e. The Balaban J connectivity index is 1.61. The van der Waals surface area contributed by atoms with Gasteiger partial charge in [0.25, 0.3) is 5.91 Å². The molecule has 5 rings (SSSR count). The lowest BCUT2D eigenvalue weighted by Crippen LogP contribution is -2.30. The molecule has 0 saturated carbocycles. The zero-order chi connectivity index (χ0) is 26.3. The van der Waals surface area contributed by atoms with Gasteiger partial charge < -0.3 is 19.2 Å². The Bertz CT molecular complexity index is 1520. The van der Waals surface area contributed by atoms with Crippen LogP contribution in [-0.2, 0) is 11.3 Å². The molecule has 0 spiro atoms. The number of pyridine rings is 1. The first-order valence-corrected chi connectivity index (χ1v) is 12.2. The molecular weight excluding hydrogens is 492 g/mol. The van der Waals surface area contributed by atoms with Crippen LogP contribution in [0.5, 0.6) is 5.75 Å². The van der Waals surface area contributed by atoms with Crippen LogP contribution in [0.1, 0.15) is 53.1 Å². The van der Waals surface area contributed by atoms with E-state index in [0.717, 1.165) is 11.1 Å². The van der Waals surface area contributed by atoms with Gasteiger partial charge in [-0.25, -0.2) is 0 Å². The molecule has 1 amide bonds. The number of aliphatic hydroxyl groups excluding tert-OH is 1. The van der Waals surface area contributed by atoms with Crippen molar-refractivity contribution < 1.29 is 23.8 Å². The van der Waals surface area contributed by atoms with Gasteiger partial charge in [0, 0.05) is 35.4 Å². The molecule has 1 N–H and O–H groups in total. The molecule has 4 aromatic rings. The zero-order valence-corrected chi connectivity index (χ0v) is 21.3. The number of rotatable bonds is 7. The summed E-state index contributed by atoms with van der Waals surface area (Å²) >= 11 is 6.18. The Kier molecular flexibility index (Phi) is 6.48. The molecule has 2 aromatic carbocycles. The number of amides is 1. The molecule has 0 radical (unpaired) electrons. The highest BCUT2D eigenvalue weighted by atomic mass is 35.5. The van der Waals surface area contributed by atoms with E-state index < -0.39 is 23.5 Å². The Morgan fingerprint density at radius 3 is 2.59 bits per heavy atom. The number of methoxy groups -OCH3 is 1. The SMILES string of the molecule is COc1cc(Cl)cc2cc(C(=O)C3=C(O)C(=O)N(Cc4cccnc4)C3c3ccc(C(C)C)cc3)oc12. The molecule has 1 unspecified atom stereocenters. The van der Waals surface area contributed by atoms with E-state index >= 15 is 0 Å². The van der Waals surface area contributed by atoms with Crippen molar-refractivity contribution in [1.82, 2.24) is 9.88 Å². The van der Waals surface area contributed by atoms with Crippen LogP contribution >= 0.6 is 11.6 Å². The summed E-state index contributed by atoms with van der Waals surface area (Å²) in [6, 6.07) is 15.3. The van der Waals surface area contributed by atoms with Gasteiger partial charge in [-0.1, -0.05) is 55.8 Å². The average molecular weight is 517 g/mol. The monoisotopic (exact) mass is 516 g/mol. The number of fused-ring (bicyclic) bond motifs is 1. The number of nitrogens with zero attached hydrogens (tertiary/aromatic N) is 2. The molecule has 1 aliphatic rings. The van der Waals surface area contributed by atoms with E-state index in [4.69, 9.17) is 20.8 Å². The fourth-order valence-electron chi connectivity index (χ4n) is 4.63. The number of furan rings is 1. The number of Topliss-reactive ketones (excluding diaryl/α,β-unsaturated/α-hetero) is 1. The van der Waals surface area contributed by atoms with Gasteiger partial charge >= 0.3 is 0 Å². The number of benzene rings is 2. The molecule has 2 aromatic heterocycles. The summed E-state index contributed by atoms with van der Waals surface area (Å²) in [6.45, 7) is 4.34. The predicted octanol–water partition coefficient (Wildman–Crippen LogP) is 6.39. The highest BCUT2D eigenvalue weighted by Gasteiger charge is 2.44. The van der Waals surface area contributed by atoms with E-state index in [0.29, 0.717) is 33.2 Å². The van der Waals surface area contributed by atoms with Crippen LogP contribution in [0.2, 0.25) is 5.02 Å². The van der Waals surface area contributed by atoms with Crippen LogP contribution < -0.4 is 4.74 Å². The summed E-state index contributed by atoms with van der Waals surface area (Å²) in [5.74, 6) is -1.17. The summed E-state index contributed by atoms with van der Waals surface area (Å²) in [5, 5.41) is 12.0. The Morgan fingerprint density at radius 1 is 1.19 bits per heavy atom. The zero-order valence-electron chi connectivity index (χ0n) is 20.6.